The Balaban J connectivity index is 1.77. The van der Waals surface area contributed by atoms with Crippen molar-refractivity contribution in [3.63, 3.8) is 0 Å². The summed E-state index contributed by atoms with van der Waals surface area (Å²) >= 11 is 0. The number of hydrogen-bond donors (Lipinski definition) is 2. The predicted octanol–water partition coefficient (Wildman–Crippen LogP) is 3.29. The maximum atomic E-state index is 5.63. The zero-order chi connectivity index (χ0) is 13.9. The van der Waals surface area contributed by atoms with Crippen molar-refractivity contribution in [1.29, 1.82) is 0 Å². The Morgan fingerprint density at radius 3 is 2.85 bits per heavy atom. The van der Waals surface area contributed by atoms with Gasteiger partial charge < -0.3 is 9.73 Å². The van der Waals surface area contributed by atoms with Gasteiger partial charge in [-0.3, -0.25) is 10.1 Å². The Kier molecular flexibility index (Phi) is 3.25. The second-order valence-corrected chi connectivity index (χ2v) is 4.79. The number of hydrogen-bond acceptors (Lipinski definition) is 4. The lowest BCUT2D eigenvalue weighted by atomic mass is 10.2. The van der Waals surface area contributed by atoms with Gasteiger partial charge in [-0.1, -0.05) is 0 Å². The van der Waals surface area contributed by atoms with Gasteiger partial charge in [0.15, 0.2) is 5.76 Å². The van der Waals surface area contributed by atoms with E-state index >= 15 is 0 Å². The number of anilines is 1. The fourth-order valence-corrected chi connectivity index (χ4v) is 2.08. The molecule has 5 nitrogen and oxygen atoms in total. The minimum atomic E-state index is 0.663. The molecule has 2 N–H and O–H groups in total. The summed E-state index contributed by atoms with van der Waals surface area (Å²) in [6.45, 7) is 4.61. The lowest BCUT2D eigenvalue weighted by Crippen LogP contribution is -2.00. The minimum Gasteiger partial charge on any atom is -0.460 e. The van der Waals surface area contributed by atoms with E-state index < -0.39 is 0 Å². The van der Waals surface area contributed by atoms with Gasteiger partial charge in [0.2, 0.25) is 0 Å². The Hall–Kier alpha value is -2.56. The molecule has 0 aliphatic rings. The van der Waals surface area contributed by atoms with E-state index in [0.29, 0.717) is 6.54 Å². The number of H-pyrrole nitrogens is 1. The molecule has 0 unspecified atom stereocenters. The van der Waals surface area contributed by atoms with Crippen molar-refractivity contribution in [1.82, 2.24) is 15.2 Å². The Labute approximate surface area is 117 Å². The van der Waals surface area contributed by atoms with Gasteiger partial charge in [-0.05, 0) is 37.6 Å². The van der Waals surface area contributed by atoms with E-state index in [1.54, 1.807) is 0 Å². The van der Waals surface area contributed by atoms with Crippen molar-refractivity contribution in [2.75, 3.05) is 5.32 Å². The van der Waals surface area contributed by atoms with Crippen LogP contribution in [0.2, 0.25) is 0 Å². The second kappa shape index (κ2) is 5.21. The second-order valence-electron chi connectivity index (χ2n) is 4.79. The average Bonchev–Trinajstić information content (AvgIpc) is 3.04. The van der Waals surface area contributed by atoms with Gasteiger partial charge >= 0.3 is 0 Å². The molecule has 0 aliphatic heterocycles. The minimum absolute atomic E-state index is 0.663. The largest absolute Gasteiger partial charge is 0.460 e. The highest BCUT2D eigenvalue weighted by atomic mass is 16.3. The number of nitrogens with zero attached hydrogens (tertiary/aromatic N) is 2. The van der Waals surface area contributed by atoms with Gasteiger partial charge in [-0.2, -0.15) is 5.10 Å². The molecule has 0 radical (unpaired) electrons. The van der Waals surface area contributed by atoms with E-state index in [0.717, 1.165) is 34.0 Å². The van der Waals surface area contributed by atoms with Gasteiger partial charge in [0.25, 0.3) is 0 Å². The van der Waals surface area contributed by atoms with E-state index in [2.05, 4.69) is 26.6 Å². The first-order valence-corrected chi connectivity index (χ1v) is 6.47. The molecule has 0 saturated carbocycles. The lowest BCUT2D eigenvalue weighted by Gasteiger charge is -2.06. The van der Waals surface area contributed by atoms with Crippen LogP contribution >= 0.6 is 0 Å². The zero-order valence-electron chi connectivity index (χ0n) is 11.5. The van der Waals surface area contributed by atoms with Crippen LogP contribution in [0.1, 0.15) is 16.9 Å². The molecule has 0 bridgehead atoms. The third-order valence-electron chi connectivity index (χ3n) is 3.06. The summed E-state index contributed by atoms with van der Waals surface area (Å²) in [7, 11) is 0. The van der Waals surface area contributed by atoms with Crippen LogP contribution in [-0.2, 0) is 6.54 Å². The van der Waals surface area contributed by atoms with Crippen LogP contribution < -0.4 is 5.32 Å². The molecule has 5 heteroatoms. The normalized spacial score (nSPS) is 10.7. The summed E-state index contributed by atoms with van der Waals surface area (Å²) < 4.78 is 5.63. The highest BCUT2D eigenvalue weighted by Gasteiger charge is 2.10. The number of furan rings is 1. The molecule has 0 spiro atoms. The van der Waals surface area contributed by atoms with Crippen LogP contribution in [-0.4, -0.2) is 15.2 Å². The molecular formula is C15H16N4O. The molecule has 102 valence electrons. The maximum Gasteiger partial charge on any atom is 0.152 e. The predicted molar refractivity (Wildman–Crippen MR) is 77.3 cm³/mol. The number of rotatable bonds is 4. The molecule has 0 atom stereocenters. The van der Waals surface area contributed by atoms with E-state index in [-0.39, 0.29) is 0 Å². The van der Waals surface area contributed by atoms with Gasteiger partial charge in [0, 0.05) is 24.5 Å². The fraction of sp³-hybridized carbons (Fsp3) is 0.200. The van der Waals surface area contributed by atoms with Gasteiger partial charge in [0.05, 0.1) is 11.9 Å². The van der Waals surface area contributed by atoms with Gasteiger partial charge in [-0.15, -0.1) is 0 Å². The van der Waals surface area contributed by atoms with E-state index in [9.17, 15) is 0 Å². The molecule has 20 heavy (non-hydrogen) atoms. The quantitative estimate of drug-likeness (QED) is 0.762. The number of aromatic nitrogens is 3. The van der Waals surface area contributed by atoms with Crippen molar-refractivity contribution in [2.45, 2.75) is 20.4 Å². The summed E-state index contributed by atoms with van der Waals surface area (Å²) in [6, 6.07) is 5.95. The molecule has 0 fully saturated rings. The summed E-state index contributed by atoms with van der Waals surface area (Å²) in [6.07, 6.45) is 5.45. The zero-order valence-corrected chi connectivity index (χ0v) is 11.5. The summed E-state index contributed by atoms with van der Waals surface area (Å²) in [5.74, 6) is 1.69. The molecule has 0 aliphatic carbocycles. The smallest absolute Gasteiger partial charge is 0.152 e. The first-order valence-electron chi connectivity index (χ1n) is 6.47. The van der Waals surface area contributed by atoms with Crippen LogP contribution in [0, 0.1) is 13.8 Å². The third kappa shape index (κ3) is 2.56. The van der Waals surface area contributed by atoms with Crippen molar-refractivity contribution >= 4 is 5.69 Å². The van der Waals surface area contributed by atoms with Gasteiger partial charge in [-0.25, -0.2) is 0 Å². The van der Waals surface area contributed by atoms with Gasteiger partial charge in [0.1, 0.15) is 11.5 Å². The van der Waals surface area contributed by atoms with Crippen LogP contribution in [0.3, 0.4) is 0 Å². The third-order valence-corrected chi connectivity index (χ3v) is 3.06. The highest BCUT2D eigenvalue weighted by molar-refractivity contribution is 5.57. The van der Waals surface area contributed by atoms with E-state index in [4.69, 9.17) is 4.42 Å². The molecule has 3 aromatic rings. The van der Waals surface area contributed by atoms with Crippen molar-refractivity contribution in [3.8, 4) is 11.5 Å². The Bertz CT molecular complexity index is 714. The number of nitrogens with one attached hydrogen (secondary N) is 2. The topological polar surface area (TPSA) is 66.7 Å². The number of aromatic amines is 1. The molecule has 0 saturated heterocycles. The number of aryl methyl sites for hydroxylation is 2. The molecule has 3 aromatic heterocycles. The highest BCUT2D eigenvalue weighted by Crippen LogP contribution is 2.24. The standard InChI is InChI=1S/C15H16N4O/c1-10-5-13(9-16-6-10)17-7-12-8-18-19-15(12)14-4-3-11(2)20-14/h3-6,8-9,17H,7H2,1-2H3,(H,18,19). The van der Waals surface area contributed by atoms with Crippen LogP contribution in [0.4, 0.5) is 5.69 Å². The SMILES string of the molecule is Cc1cncc(NCc2cn[nH]c2-c2ccc(C)o2)c1. The summed E-state index contributed by atoms with van der Waals surface area (Å²) in [4.78, 5) is 4.16. The maximum absolute atomic E-state index is 5.63. The van der Waals surface area contributed by atoms with E-state index in [1.165, 1.54) is 0 Å². The molecule has 3 heterocycles. The van der Waals surface area contributed by atoms with Crippen molar-refractivity contribution in [2.24, 2.45) is 0 Å². The lowest BCUT2D eigenvalue weighted by molar-refractivity contribution is 0.545. The summed E-state index contributed by atoms with van der Waals surface area (Å²) in [5.41, 5.74) is 4.09. The van der Waals surface area contributed by atoms with Crippen LogP contribution in [0.5, 0.6) is 0 Å². The van der Waals surface area contributed by atoms with E-state index in [1.807, 2.05) is 44.6 Å². The van der Waals surface area contributed by atoms with Crippen LogP contribution in [0.15, 0.2) is 41.2 Å². The molecule has 3 rings (SSSR count). The fourth-order valence-electron chi connectivity index (χ4n) is 2.08. The van der Waals surface area contributed by atoms with Crippen molar-refractivity contribution in [3.05, 3.63) is 53.7 Å². The Morgan fingerprint density at radius 2 is 2.10 bits per heavy atom. The number of pyridine rings is 1. The Morgan fingerprint density at radius 1 is 1.20 bits per heavy atom. The molecular weight excluding hydrogens is 252 g/mol. The summed E-state index contributed by atoms with van der Waals surface area (Å²) in [5, 5.41) is 10.4. The van der Waals surface area contributed by atoms with Crippen LogP contribution in [0.25, 0.3) is 11.5 Å². The first kappa shape index (κ1) is 12.5. The average molecular weight is 268 g/mol. The molecule has 0 aromatic carbocycles. The monoisotopic (exact) mass is 268 g/mol. The first-order chi connectivity index (χ1) is 9.72. The molecule has 0 amide bonds. The van der Waals surface area contributed by atoms with Crippen molar-refractivity contribution < 1.29 is 4.42 Å².